The Hall–Kier alpha value is -1.37. The van der Waals surface area contributed by atoms with Gasteiger partial charge in [0.05, 0.1) is 18.1 Å². The van der Waals surface area contributed by atoms with E-state index in [1.54, 1.807) is 37.5 Å². The van der Waals surface area contributed by atoms with E-state index in [0.29, 0.717) is 22.4 Å². The Labute approximate surface area is 121 Å². The van der Waals surface area contributed by atoms with Gasteiger partial charge in [-0.3, -0.25) is 9.69 Å². The highest BCUT2D eigenvalue weighted by molar-refractivity contribution is 8.26. The second-order valence-electron chi connectivity index (χ2n) is 3.92. The molecule has 0 saturated carbocycles. The molecule has 100 valence electrons. The molecule has 1 saturated heterocycles. The molecule has 2 rings (SSSR count). The third kappa shape index (κ3) is 3.34. The van der Waals surface area contributed by atoms with Crippen LogP contribution in [0.4, 0.5) is 0 Å². The molecule has 1 heterocycles. The molecule has 19 heavy (non-hydrogen) atoms. The van der Waals surface area contributed by atoms with Crippen molar-refractivity contribution in [2.75, 3.05) is 20.3 Å². The van der Waals surface area contributed by atoms with Gasteiger partial charge in [0.25, 0.3) is 5.91 Å². The molecule has 1 N–H and O–H groups in total. The normalized spacial score (nSPS) is 17.5. The number of thiocarbonyl (C=S) groups is 1. The molecule has 0 aromatic heterocycles. The van der Waals surface area contributed by atoms with Crippen molar-refractivity contribution in [3.8, 4) is 5.75 Å². The van der Waals surface area contributed by atoms with Crippen LogP contribution in [0.3, 0.4) is 0 Å². The number of ether oxygens (including phenoxy) is 1. The summed E-state index contributed by atoms with van der Waals surface area (Å²) in [6, 6.07) is 6.66. The Kier molecular flexibility index (Phi) is 4.57. The van der Waals surface area contributed by atoms with E-state index in [-0.39, 0.29) is 11.7 Å². The van der Waals surface area contributed by atoms with Crippen molar-refractivity contribution in [1.29, 1.82) is 0 Å². The predicted molar refractivity (Wildman–Crippen MR) is 79.9 cm³/mol. The SMILES string of the molecule is COCCN1C(=O)/C(=C/c2ccc(O)cc2)SC1=S. The number of phenols is 1. The van der Waals surface area contributed by atoms with E-state index < -0.39 is 0 Å². The molecule has 6 heteroatoms. The standard InChI is InChI=1S/C13H13NO3S2/c1-17-7-6-14-12(16)11(19-13(14)18)8-9-2-4-10(15)5-3-9/h2-5,8,15H,6-7H2,1H3/b11-8-. The Morgan fingerprint density at radius 1 is 1.42 bits per heavy atom. The lowest BCUT2D eigenvalue weighted by Gasteiger charge is -2.12. The Morgan fingerprint density at radius 2 is 2.11 bits per heavy atom. The number of hydrogen-bond acceptors (Lipinski definition) is 5. The van der Waals surface area contributed by atoms with E-state index in [1.165, 1.54) is 16.7 Å². The number of carbonyl (C=O) groups excluding carboxylic acids is 1. The third-order valence-corrected chi connectivity index (χ3v) is 3.96. The van der Waals surface area contributed by atoms with Gasteiger partial charge < -0.3 is 9.84 Å². The molecule has 1 aromatic carbocycles. The quantitative estimate of drug-likeness (QED) is 0.682. The highest BCUT2D eigenvalue weighted by atomic mass is 32.2. The molecule has 1 aromatic rings. The Bertz CT molecular complexity index is 525. The van der Waals surface area contributed by atoms with Crippen molar-refractivity contribution in [2.45, 2.75) is 0 Å². The van der Waals surface area contributed by atoms with Gasteiger partial charge in [-0.05, 0) is 23.8 Å². The van der Waals surface area contributed by atoms with Crippen LogP contribution in [-0.2, 0) is 9.53 Å². The topological polar surface area (TPSA) is 49.8 Å². The number of methoxy groups -OCH3 is 1. The van der Waals surface area contributed by atoms with Crippen LogP contribution >= 0.6 is 24.0 Å². The first-order valence-electron chi connectivity index (χ1n) is 5.65. The number of rotatable bonds is 4. The third-order valence-electron chi connectivity index (χ3n) is 2.58. The Balaban J connectivity index is 2.16. The van der Waals surface area contributed by atoms with Crippen molar-refractivity contribution >= 4 is 40.3 Å². The van der Waals surface area contributed by atoms with E-state index in [4.69, 9.17) is 17.0 Å². The van der Waals surface area contributed by atoms with Gasteiger partial charge >= 0.3 is 0 Å². The number of nitrogens with zero attached hydrogens (tertiary/aromatic N) is 1. The fourth-order valence-electron chi connectivity index (χ4n) is 1.60. The van der Waals surface area contributed by atoms with Crippen LogP contribution in [-0.4, -0.2) is 40.5 Å². The lowest BCUT2D eigenvalue weighted by atomic mass is 10.2. The summed E-state index contributed by atoms with van der Waals surface area (Å²) in [6.45, 7) is 0.924. The highest BCUT2D eigenvalue weighted by Crippen LogP contribution is 2.32. The zero-order valence-electron chi connectivity index (χ0n) is 10.3. The van der Waals surface area contributed by atoms with Crippen LogP contribution in [0.2, 0.25) is 0 Å². The van der Waals surface area contributed by atoms with Gasteiger partial charge in [-0.25, -0.2) is 0 Å². The molecule has 0 atom stereocenters. The first-order valence-corrected chi connectivity index (χ1v) is 6.87. The summed E-state index contributed by atoms with van der Waals surface area (Å²) in [4.78, 5) is 14.3. The minimum absolute atomic E-state index is 0.0971. The highest BCUT2D eigenvalue weighted by Gasteiger charge is 2.31. The number of phenolic OH excluding ortho intramolecular Hbond substituents is 1. The molecule has 1 aliphatic heterocycles. The lowest BCUT2D eigenvalue weighted by molar-refractivity contribution is -0.122. The average Bonchev–Trinajstić information content (AvgIpc) is 2.65. The first kappa shape index (κ1) is 14.0. The smallest absolute Gasteiger partial charge is 0.266 e. The van der Waals surface area contributed by atoms with Crippen LogP contribution in [0.1, 0.15) is 5.56 Å². The number of carbonyl (C=O) groups is 1. The number of aromatic hydroxyl groups is 1. The maximum atomic E-state index is 12.1. The molecular weight excluding hydrogens is 282 g/mol. The Morgan fingerprint density at radius 3 is 2.74 bits per heavy atom. The zero-order chi connectivity index (χ0) is 13.8. The van der Waals surface area contributed by atoms with Crippen molar-refractivity contribution < 1.29 is 14.6 Å². The van der Waals surface area contributed by atoms with Crippen molar-refractivity contribution in [3.63, 3.8) is 0 Å². The molecule has 1 aliphatic rings. The van der Waals surface area contributed by atoms with Crippen molar-refractivity contribution in [2.24, 2.45) is 0 Å². The summed E-state index contributed by atoms with van der Waals surface area (Å²) in [7, 11) is 1.59. The van der Waals surface area contributed by atoms with Gasteiger partial charge in [0, 0.05) is 7.11 Å². The van der Waals surface area contributed by atoms with Crippen LogP contribution in [0.15, 0.2) is 29.2 Å². The summed E-state index contributed by atoms with van der Waals surface area (Å²) in [5.41, 5.74) is 0.852. The molecule has 0 aliphatic carbocycles. The monoisotopic (exact) mass is 295 g/mol. The molecule has 0 bridgehead atoms. The molecule has 4 nitrogen and oxygen atoms in total. The fourth-order valence-corrected chi connectivity index (χ4v) is 2.91. The van der Waals surface area contributed by atoms with Gasteiger partial charge in [-0.1, -0.05) is 36.1 Å². The summed E-state index contributed by atoms with van der Waals surface area (Å²) >= 11 is 6.46. The molecule has 0 unspecified atom stereocenters. The van der Waals surface area contributed by atoms with Crippen molar-refractivity contribution in [1.82, 2.24) is 4.90 Å². The molecule has 1 amide bonds. The van der Waals surface area contributed by atoms with Gasteiger partial charge in [0.15, 0.2) is 0 Å². The lowest BCUT2D eigenvalue weighted by Crippen LogP contribution is -2.31. The van der Waals surface area contributed by atoms with E-state index in [1.807, 2.05) is 0 Å². The minimum atomic E-state index is -0.0971. The van der Waals surface area contributed by atoms with Crippen LogP contribution in [0.25, 0.3) is 6.08 Å². The van der Waals surface area contributed by atoms with Gasteiger partial charge in [0.2, 0.25) is 0 Å². The number of amides is 1. The predicted octanol–water partition coefficient (Wildman–Crippen LogP) is 2.24. The maximum Gasteiger partial charge on any atom is 0.266 e. The second kappa shape index (κ2) is 6.18. The molecule has 1 fully saturated rings. The van der Waals surface area contributed by atoms with Gasteiger partial charge in [0.1, 0.15) is 10.1 Å². The summed E-state index contributed by atoms with van der Waals surface area (Å²) in [5, 5.41) is 9.22. The van der Waals surface area contributed by atoms with E-state index >= 15 is 0 Å². The summed E-state index contributed by atoms with van der Waals surface area (Å²) in [5.74, 6) is 0.102. The minimum Gasteiger partial charge on any atom is -0.508 e. The van der Waals surface area contributed by atoms with E-state index in [2.05, 4.69) is 0 Å². The zero-order valence-corrected chi connectivity index (χ0v) is 12.0. The van der Waals surface area contributed by atoms with Gasteiger partial charge in [-0.2, -0.15) is 0 Å². The first-order chi connectivity index (χ1) is 9.11. The van der Waals surface area contributed by atoms with Gasteiger partial charge in [-0.15, -0.1) is 0 Å². The number of benzene rings is 1. The summed E-state index contributed by atoms with van der Waals surface area (Å²) in [6.07, 6.45) is 1.77. The number of hydrogen-bond donors (Lipinski definition) is 1. The average molecular weight is 295 g/mol. The van der Waals surface area contributed by atoms with Crippen molar-refractivity contribution in [3.05, 3.63) is 34.7 Å². The van der Waals surface area contributed by atoms with E-state index in [9.17, 15) is 9.90 Å². The summed E-state index contributed by atoms with van der Waals surface area (Å²) < 4.78 is 5.51. The van der Waals surface area contributed by atoms with Crippen LogP contribution < -0.4 is 0 Å². The maximum absolute atomic E-state index is 12.1. The van der Waals surface area contributed by atoms with E-state index in [0.717, 1.165) is 5.56 Å². The fraction of sp³-hybridized carbons (Fsp3) is 0.231. The van der Waals surface area contributed by atoms with Crippen LogP contribution in [0.5, 0.6) is 5.75 Å². The molecule has 0 spiro atoms. The second-order valence-corrected chi connectivity index (χ2v) is 5.59. The number of thioether (sulfide) groups is 1. The molecular formula is C13H13NO3S2. The molecule has 0 radical (unpaired) electrons. The largest absolute Gasteiger partial charge is 0.508 e. The van der Waals surface area contributed by atoms with Crippen LogP contribution in [0, 0.1) is 0 Å².